The zero-order valence-corrected chi connectivity index (χ0v) is 51.7. The molecule has 2 atom stereocenters. The van der Waals surface area contributed by atoms with E-state index in [0.29, 0.717) is 79.6 Å². The fourth-order valence-corrected chi connectivity index (χ4v) is 14.0. The maximum Gasteiger partial charge on any atom is 0.303 e. The number of ether oxygens (including phenoxy) is 6. The largest absolute Gasteiger partial charge is 0.748 e. The van der Waals surface area contributed by atoms with E-state index in [1.807, 2.05) is 11.8 Å². The van der Waals surface area contributed by atoms with Gasteiger partial charge < -0.3 is 61.2 Å². The Morgan fingerprint density at radius 2 is 1.07 bits per heavy atom. The van der Waals surface area contributed by atoms with Gasteiger partial charge in [0.15, 0.2) is 12.3 Å². The van der Waals surface area contributed by atoms with E-state index >= 15 is 0 Å². The number of carboxylic acids is 1. The van der Waals surface area contributed by atoms with E-state index in [1.165, 1.54) is 25.3 Å². The summed E-state index contributed by atoms with van der Waals surface area (Å²) < 4.78 is 222. The lowest BCUT2D eigenvalue weighted by Gasteiger charge is -2.31. The summed E-state index contributed by atoms with van der Waals surface area (Å²) in [5, 5.41) is 8.90. The summed E-state index contributed by atoms with van der Waals surface area (Å²) >= 11 is 0. The van der Waals surface area contributed by atoms with Crippen molar-refractivity contribution in [1.82, 2.24) is 0 Å². The number of unbranched alkanes of at least 4 members (excludes halogenated alkanes) is 2. The van der Waals surface area contributed by atoms with E-state index in [1.54, 1.807) is 67.2 Å². The zero-order valence-electron chi connectivity index (χ0n) is 47.7. The topological polar surface area (TPSA) is 385 Å². The molecule has 4 aromatic carbocycles. The molecule has 0 spiro atoms. The minimum absolute atomic E-state index is 0. The lowest BCUT2D eigenvalue weighted by Crippen LogP contribution is -2.33. The summed E-state index contributed by atoms with van der Waals surface area (Å²) in [4.78, 5) is 9.49. The van der Waals surface area contributed by atoms with Gasteiger partial charge in [-0.15, -0.1) is 0 Å². The fraction of sp³-hybridized carbons (Fsp3) is 0.474. The molecule has 0 radical (unpaired) electrons. The van der Waals surface area contributed by atoms with Gasteiger partial charge in [-0.1, -0.05) is 50.3 Å². The van der Waals surface area contributed by atoms with E-state index in [0.717, 1.165) is 12.1 Å². The van der Waals surface area contributed by atoms with Crippen LogP contribution in [0.3, 0.4) is 0 Å². The Hall–Kier alpha value is -5.39. The first-order valence-corrected chi connectivity index (χ1v) is 34.2. The number of carboxylic acid groups (broad SMARTS) is 1. The van der Waals surface area contributed by atoms with Gasteiger partial charge in [-0.05, 0) is 110 Å². The predicted molar refractivity (Wildman–Crippen MR) is 315 cm³/mol. The SMILES string of the molecule is C.COCCOCCOCCOCCC1(C)\C(=C/C=C/C=C/C=C/C2=[N+](CCOCCOC)c3ccc4c(S(=O)(=O)[O-])cc(S(=O)(=O)[O-])cc4c3C2(C)CCCS(=O)(=O)[O-])N(CCCCCC(=O)O)c2ccc3c(S(=O)(=O)[O-])cc(S(=O)(=O)[O-])cc3c21. The van der Waals surface area contributed by atoms with Crippen molar-refractivity contribution >= 4 is 95.2 Å². The molecule has 2 heterocycles. The molecular formula is C57H72N2O23S5-4. The smallest absolute Gasteiger partial charge is 0.303 e. The van der Waals surface area contributed by atoms with Crippen LogP contribution < -0.4 is 4.90 Å². The average molecular weight is 1310 g/mol. The normalized spacial score (nSPS) is 18.1. The molecule has 0 saturated heterocycles. The van der Waals surface area contributed by atoms with Crippen molar-refractivity contribution in [3.8, 4) is 0 Å². The molecule has 482 valence electrons. The highest BCUT2D eigenvalue weighted by atomic mass is 32.2. The summed E-state index contributed by atoms with van der Waals surface area (Å²) in [7, 11) is -23.2. The molecule has 2 aliphatic heterocycles. The number of hydrogen-bond donors (Lipinski definition) is 1. The number of hydrogen-bond acceptors (Lipinski definition) is 23. The van der Waals surface area contributed by atoms with Gasteiger partial charge >= 0.3 is 5.97 Å². The first-order chi connectivity index (χ1) is 40.4. The highest BCUT2D eigenvalue weighted by molar-refractivity contribution is 7.87. The van der Waals surface area contributed by atoms with Gasteiger partial charge in [0.2, 0.25) is 5.69 Å². The summed E-state index contributed by atoms with van der Waals surface area (Å²) in [6.45, 7) is 6.10. The monoisotopic (exact) mass is 1310 g/mol. The summed E-state index contributed by atoms with van der Waals surface area (Å²) in [5.41, 5.74) is -0.0872. The van der Waals surface area contributed by atoms with Crippen LogP contribution in [0.4, 0.5) is 11.4 Å². The molecular weight excluding hydrogens is 1240 g/mol. The number of rotatable bonds is 36. The maximum atomic E-state index is 12.8. The van der Waals surface area contributed by atoms with Crippen molar-refractivity contribution in [2.24, 2.45) is 0 Å². The number of methoxy groups -OCH3 is 2. The van der Waals surface area contributed by atoms with Gasteiger partial charge in [-0.2, -0.15) is 4.58 Å². The molecule has 0 fully saturated rings. The third-order valence-corrected chi connectivity index (χ3v) is 18.9. The lowest BCUT2D eigenvalue weighted by molar-refractivity contribution is -0.442. The third kappa shape index (κ3) is 18.6. The molecule has 0 amide bonds. The van der Waals surface area contributed by atoms with Gasteiger partial charge in [0.1, 0.15) is 47.1 Å². The van der Waals surface area contributed by atoms with Crippen molar-refractivity contribution in [1.29, 1.82) is 0 Å². The van der Waals surface area contributed by atoms with Crippen LogP contribution in [0.25, 0.3) is 21.5 Å². The minimum Gasteiger partial charge on any atom is -0.748 e. The molecule has 87 heavy (non-hydrogen) atoms. The van der Waals surface area contributed by atoms with Crippen molar-refractivity contribution in [3.63, 3.8) is 0 Å². The number of benzene rings is 4. The fourth-order valence-electron chi connectivity index (χ4n) is 10.9. The summed E-state index contributed by atoms with van der Waals surface area (Å²) in [5.74, 6) is -1.80. The van der Waals surface area contributed by atoms with E-state index < -0.39 is 92.7 Å². The van der Waals surface area contributed by atoms with Gasteiger partial charge in [-0.3, -0.25) is 4.79 Å². The Kier molecular flexibility index (Phi) is 25.7. The number of anilines is 1. The molecule has 0 bridgehead atoms. The molecule has 2 aliphatic rings. The molecule has 2 unspecified atom stereocenters. The van der Waals surface area contributed by atoms with Gasteiger partial charge in [-0.25, -0.2) is 42.1 Å². The van der Waals surface area contributed by atoms with Crippen LogP contribution in [0.2, 0.25) is 0 Å². The van der Waals surface area contributed by atoms with Crippen LogP contribution in [0.1, 0.15) is 77.3 Å². The molecule has 0 aromatic heterocycles. The highest BCUT2D eigenvalue weighted by Gasteiger charge is 2.49. The number of aliphatic carboxylic acids is 1. The molecule has 6 rings (SSSR count). The van der Waals surface area contributed by atoms with Gasteiger partial charge in [0, 0.05) is 79.4 Å². The minimum atomic E-state index is -5.41. The predicted octanol–water partition coefficient (Wildman–Crippen LogP) is 5.65. The Morgan fingerprint density at radius 1 is 0.563 bits per heavy atom. The summed E-state index contributed by atoms with van der Waals surface area (Å²) in [6, 6.07) is 8.78. The van der Waals surface area contributed by atoms with Crippen LogP contribution in [0, 0.1) is 0 Å². The second kappa shape index (κ2) is 30.9. The number of fused-ring (bicyclic) bond motifs is 6. The van der Waals surface area contributed by atoms with E-state index in [2.05, 4.69) is 0 Å². The molecule has 4 aromatic rings. The molecule has 30 heteroatoms. The average Bonchev–Trinajstić information content (AvgIpc) is 1.62. The number of carbonyl (C=O) groups is 1. The van der Waals surface area contributed by atoms with Gasteiger partial charge in [0.05, 0.1) is 88.0 Å². The third-order valence-electron chi connectivity index (χ3n) is 14.7. The number of nitrogens with zero attached hydrogens (tertiary/aromatic N) is 2. The van der Waals surface area contributed by atoms with Crippen LogP contribution >= 0.6 is 0 Å². The Balaban J connectivity index is 0.0000138. The van der Waals surface area contributed by atoms with Crippen LogP contribution in [-0.4, -0.2) is 185 Å². The Morgan fingerprint density at radius 3 is 1.60 bits per heavy atom. The summed E-state index contributed by atoms with van der Waals surface area (Å²) in [6.07, 6.45) is 12.6. The zero-order chi connectivity index (χ0) is 63.3. The second-order valence-electron chi connectivity index (χ2n) is 20.6. The van der Waals surface area contributed by atoms with E-state index in [9.17, 15) is 74.8 Å². The van der Waals surface area contributed by atoms with Crippen molar-refractivity contribution in [3.05, 3.63) is 108 Å². The van der Waals surface area contributed by atoms with Gasteiger partial charge in [0.25, 0.3) is 0 Å². The van der Waals surface area contributed by atoms with Crippen LogP contribution in [-0.2, 0) is 94.6 Å². The molecule has 1 N–H and O–H groups in total. The first-order valence-electron chi connectivity index (χ1n) is 27.0. The Labute approximate surface area is 508 Å². The van der Waals surface area contributed by atoms with Crippen molar-refractivity contribution < 1.29 is 108 Å². The van der Waals surface area contributed by atoms with Crippen molar-refractivity contribution in [2.45, 2.75) is 96.6 Å². The second-order valence-corrected chi connectivity index (χ2v) is 27.5. The highest BCUT2D eigenvalue weighted by Crippen LogP contribution is 2.54. The first kappa shape index (κ1) is 72.4. The maximum absolute atomic E-state index is 12.8. The Bertz CT molecular complexity index is 3880. The van der Waals surface area contributed by atoms with E-state index in [4.69, 9.17) is 28.4 Å². The molecule has 0 saturated carbocycles. The molecule has 25 nitrogen and oxygen atoms in total. The van der Waals surface area contributed by atoms with Crippen molar-refractivity contribution in [2.75, 3.05) is 104 Å². The van der Waals surface area contributed by atoms with Crippen LogP contribution in [0.5, 0.6) is 0 Å². The van der Waals surface area contributed by atoms with E-state index in [-0.39, 0.29) is 120 Å². The number of allylic oxidation sites excluding steroid dienone is 8. The van der Waals surface area contributed by atoms with Crippen LogP contribution in [0.15, 0.2) is 116 Å². The molecule has 0 aliphatic carbocycles. The lowest BCUT2D eigenvalue weighted by atomic mass is 9.74. The standard InChI is InChI=1S/C56H72N2O23S5.CH4/c1-55(21-13-35-82(61,62)63)50(58(24-26-79-29-27-76-3)47-20-18-42-44(53(47)55)36-40(83(64,65)66)38-48(42)85(70,71)72)14-9-6-5-7-10-15-51-56(2,22-25-78-31-32-81-34-33-80-30-28-77-4)54-45-37-41(84(67,68)69)39-49(86(73,74)75)43(45)17-19-46(54)57(51)23-12-8-11-16-52(59)60;/h5-7,9-10,14-15,17-20,36-39H,8,11-13,16,21-35H2,1-4H3,(H5-,59,60,61,62,63,64,65,66,67,68,69,70,71,72,73,74,75);1H4/p-4. The quantitative estimate of drug-likeness (QED) is 0.0249.